The van der Waals surface area contributed by atoms with Crippen molar-refractivity contribution in [3.05, 3.63) is 36.7 Å². The van der Waals surface area contributed by atoms with E-state index in [-0.39, 0.29) is 18.2 Å². The molecule has 0 saturated carbocycles. The van der Waals surface area contributed by atoms with Crippen LogP contribution in [0, 0.1) is 0 Å². The molecule has 1 aromatic carbocycles. The van der Waals surface area contributed by atoms with E-state index in [4.69, 9.17) is 9.84 Å². The molecule has 0 radical (unpaired) electrons. The van der Waals surface area contributed by atoms with Gasteiger partial charge in [0.05, 0.1) is 12.4 Å². The Morgan fingerprint density at radius 3 is 2.21 bits per heavy atom. The number of hydrogen-bond acceptors (Lipinski definition) is 6. The molecule has 10 heteroatoms. The molecule has 0 bridgehead atoms. The Labute approximate surface area is 159 Å². The third kappa shape index (κ3) is 5.77. The van der Waals surface area contributed by atoms with Crippen molar-refractivity contribution in [3.8, 4) is 22.9 Å². The third-order valence-electron chi connectivity index (χ3n) is 3.50. The second-order valence-corrected chi connectivity index (χ2v) is 5.83. The largest absolute Gasteiger partial charge is 0.505 e. The molecule has 2 aromatic rings. The second-order valence-electron chi connectivity index (χ2n) is 5.83. The lowest BCUT2D eigenvalue weighted by molar-refractivity contribution is -0.434. The van der Waals surface area contributed by atoms with Crippen molar-refractivity contribution in [1.29, 1.82) is 0 Å². The standard InChI is InChI=1S/C18H20F4N2O4/c1-3-4-9-26-12(2)27-17(19,20)18(21,22)28-15-7-5-13(6-8-15)16-23-10-14(25)11-24-16/h5-8,10-12,25H,3-4,9H2,1-2H3. The van der Waals surface area contributed by atoms with E-state index in [0.717, 1.165) is 37.9 Å². The number of rotatable bonds is 10. The van der Waals surface area contributed by atoms with Gasteiger partial charge in [0.15, 0.2) is 17.9 Å². The van der Waals surface area contributed by atoms with Crippen LogP contribution >= 0.6 is 0 Å². The number of hydrogen-bond donors (Lipinski definition) is 1. The van der Waals surface area contributed by atoms with Gasteiger partial charge in [0, 0.05) is 12.2 Å². The summed E-state index contributed by atoms with van der Waals surface area (Å²) in [6.45, 7) is 3.08. The number of ether oxygens (including phenoxy) is 3. The van der Waals surface area contributed by atoms with Gasteiger partial charge in [0.25, 0.3) is 0 Å². The van der Waals surface area contributed by atoms with Crippen molar-refractivity contribution in [2.75, 3.05) is 6.61 Å². The summed E-state index contributed by atoms with van der Waals surface area (Å²) < 4.78 is 68.5. The van der Waals surface area contributed by atoms with Gasteiger partial charge in [-0.3, -0.25) is 4.74 Å². The van der Waals surface area contributed by atoms with Crippen molar-refractivity contribution >= 4 is 0 Å². The lowest BCUT2D eigenvalue weighted by atomic mass is 10.2. The van der Waals surface area contributed by atoms with Gasteiger partial charge < -0.3 is 14.6 Å². The normalized spacial score (nSPS) is 13.4. The quantitative estimate of drug-likeness (QED) is 0.355. The van der Waals surface area contributed by atoms with E-state index in [1.807, 2.05) is 6.92 Å². The maximum absolute atomic E-state index is 13.9. The van der Waals surface area contributed by atoms with Crippen LogP contribution in [0.4, 0.5) is 17.6 Å². The molecule has 1 aromatic heterocycles. The monoisotopic (exact) mass is 404 g/mol. The van der Waals surface area contributed by atoms with Crippen molar-refractivity contribution in [2.24, 2.45) is 0 Å². The summed E-state index contributed by atoms with van der Waals surface area (Å²) in [6, 6.07) is 4.76. The highest BCUT2D eigenvalue weighted by atomic mass is 19.3. The molecule has 0 spiro atoms. The summed E-state index contributed by atoms with van der Waals surface area (Å²) in [6.07, 6.45) is -7.71. The molecule has 154 valence electrons. The molecule has 1 heterocycles. The average molecular weight is 404 g/mol. The molecule has 1 atom stereocenters. The summed E-state index contributed by atoms with van der Waals surface area (Å²) in [5, 5.41) is 9.15. The van der Waals surface area contributed by atoms with E-state index < -0.39 is 24.3 Å². The summed E-state index contributed by atoms with van der Waals surface area (Å²) >= 11 is 0. The van der Waals surface area contributed by atoms with Crippen molar-refractivity contribution in [3.63, 3.8) is 0 Å². The molecule has 0 aliphatic heterocycles. The summed E-state index contributed by atoms with van der Waals surface area (Å²) in [4.78, 5) is 7.70. The predicted molar refractivity (Wildman–Crippen MR) is 91.1 cm³/mol. The molecule has 0 fully saturated rings. The SMILES string of the molecule is CCCCOC(C)OC(F)(F)C(F)(F)Oc1ccc(-c2ncc(O)cn2)cc1. The van der Waals surface area contributed by atoms with Crippen LogP contribution in [0.1, 0.15) is 26.7 Å². The molecule has 28 heavy (non-hydrogen) atoms. The van der Waals surface area contributed by atoms with E-state index in [9.17, 15) is 17.6 Å². The smallest absolute Gasteiger partial charge is 0.494 e. The van der Waals surface area contributed by atoms with Gasteiger partial charge >= 0.3 is 12.2 Å². The number of unbranched alkanes of at least 4 members (excludes halogenated alkanes) is 1. The molecular formula is C18H20F4N2O4. The molecule has 0 aliphatic rings. The fourth-order valence-electron chi connectivity index (χ4n) is 2.05. The van der Waals surface area contributed by atoms with E-state index in [0.29, 0.717) is 12.0 Å². The van der Waals surface area contributed by atoms with Crippen molar-refractivity contribution < 1.29 is 36.9 Å². The number of halogens is 4. The zero-order valence-electron chi connectivity index (χ0n) is 15.2. The molecular weight excluding hydrogens is 384 g/mol. The zero-order valence-corrected chi connectivity index (χ0v) is 15.2. The molecule has 0 saturated heterocycles. The molecule has 2 rings (SSSR count). The van der Waals surface area contributed by atoms with Gasteiger partial charge in [-0.25, -0.2) is 9.97 Å². The lowest BCUT2D eigenvalue weighted by Crippen LogP contribution is -2.49. The van der Waals surface area contributed by atoms with Gasteiger partial charge in [0.1, 0.15) is 5.75 Å². The highest BCUT2D eigenvalue weighted by Gasteiger charge is 2.62. The Morgan fingerprint density at radius 2 is 1.64 bits per heavy atom. The molecule has 6 nitrogen and oxygen atoms in total. The average Bonchev–Trinajstić information content (AvgIpc) is 2.62. The first kappa shape index (κ1) is 21.8. The maximum atomic E-state index is 13.9. The zero-order chi connectivity index (χ0) is 20.8. The third-order valence-corrected chi connectivity index (χ3v) is 3.50. The van der Waals surface area contributed by atoms with Gasteiger partial charge in [-0.1, -0.05) is 13.3 Å². The lowest BCUT2D eigenvalue weighted by Gasteiger charge is -2.28. The van der Waals surface area contributed by atoms with Crippen LogP contribution in [-0.4, -0.2) is 40.2 Å². The first-order valence-corrected chi connectivity index (χ1v) is 8.50. The Morgan fingerprint density at radius 1 is 1.04 bits per heavy atom. The van der Waals surface area contributed by atoms with Crippen molar-refractivity contribution in [1.82, 2.24) is 9.97 Å². The van der Waals surface area contributed by atoms with E-state index in [2.05, 4.69) is 19.4 Å². The maximum Gasteiger partial charge on any atom is 0.494 e. The van der Waals surface area contributed by atoms with Crippen LogP contribution in [0.15, 0.2) is 36.7 Å². The van der Waals surface area contributed by atoms with Crippen molar-refractivity contribution in [2.45, 2.75) is 45.2 Å². The van der Waals surface area contributed by atoms with Crippen LogP contribution < -0.4 is 4.74 Å². The van der Waals surface area contributed by atoms with Crippen LogP contribution in [0.5, 0.6) is 11.5 Å². The van der Waals surface area contributed by atoms with Crippen LogP contribution in [0.25, 0.3) is 11.4 Å². The minimum absolute atomic E-state index is 0.112. The van der Waals surface area contributed by atoms with Crippen LogP contribution in [0.3, 0.4) is 0 Å². The summed E-state index contributed by atoms with van der Waals surface area (Å²) in [7, 11) is 0. The highest BCUT2D eigenvalue weighted by molar-refractivity contribution is 5.56. The summed E-state index contributed by atoms with van der Waals surface area (Å²) in [5.41, 5.74) is 0.414. The van der Waals surface area contributed by atoms with Crippen LogP contribution in [0.2, 0.25) is 0 Å². The first-order chi connectivity index (χ1) is 13.1. The molecule has 1 N–H and O–H groups in total. The van der Waals surface area contributed by atoms with E-state index >= 15 is 0 Å². The molecule has 0 aliphatic carbocycles. The number of nitrogens with zero attached hydrogens (tertiary/aromatic N) is 2. The number of aromatic nitrogens is 2. The highest BCUT2D eigenvalue weighted by Crippen LogP contribution is 2.38. The first-order valence-electron chi connectivity index (χ1n) is 8.50. The Hall–Kier alpha value is -2.46. The van der Waals surface area contributed by atoms with E-state index in [1.54, 1.807) is 0 Å². The van der Waals surface area contributed by atoms with Gasteiger partial charge in [-0.05, 0) is 37.6 Å². The molecule has 0 amide bonds. The molecule has 1 unspecified atom stereocenters. The number of benzene rings is 1. The minimum atomic E-state index is -4.92. The second kappa shape index (κ2) is 9.16. The van der Waals surface area contributed by atoms with Crippen LogP contribution in [-0.2, 0) is 9.47 Å². The Balaban J connectivity index is 2.02. The van der Waals surface area contributed by atoms with Gasteiger partial charge in [-0.15, -0.1) is 0 Å². The fraction of sp³-hybridized carbons (Fsp3) is 0.444. The Bertz CT molecular complexity index is 742. The Kier molecular flexibility index (Phi) is 7.14. The van der Waals surface area contributed by atoms with E-state index in [1.165, 1.54) is 12.1 Å². The number of alkyl halides is 4. The van der Waals surface area contributed by atoms with Gasteiger partial charge in [-0.2, -0.15) is 17.6 Å². The topological polar surface area (TPSA) is 73.7 Å². The minimum Gasteiger partial charge on any atom is -0.505 e. The number of aromatic hydroxyl groups is 1. The fourth-order valence-corrected chi connectivity index (χ4v) is 2.05. The van der Waals surface area contributed by atoms with Gasteiger partial charge in [0.2, 0.25) is 0 Å². The summed E-state index contributed by atoms with van der Waals surface area (Å²) in [5.74, 6) is -0.434. The predicted octanol–water partition coefficient (Wildman–Crippen LogP) is 4.59.